The molecule has 1 atom stereocenters. The van der Waals surface area contributed by atoms with E-state index in [1.165, 1.54) is 0 Å². The molecule has 0 saturated carbocycles. The van der Waals surface area contributed by atoms with Gasteiger partial charge in [-0.2, -0.15) is 5.26 Å². The van der Waals surface area contributed by atoms with Gasteiger partial charge in [-0.25, -0.2) is 0 Å². The first-order valence-electron chi connectivity index (χ1n) is 13.8. The molecule has 0 bridgehead atoms. The average Bonchev–Trinajstić information content (AvgIpc) is 2.92. The number of nitriles is 1. The third-order valence-corrected chi connectivity index (χ3v) is 5.85. The number of nitrogens with one attached hydrogen (secondary N) is 1. The molecule has 0 heterocycles. The normalized spacial score (nSPS) is 13.1. The number of aliphatic hydroxyl groups excluding tert-OH is 2. The third-order valence-electron chi connectivity index (χ3n) is 5.85. The Hall–Kier alpha value is -3.79. The molecule has 1 unspecified atom stereocenters. The number of amides is 1. The smallest absolute Gasteiger partial charge is 0.251 e. The second-order valence-electron chi connectivity index (χ2n) is 10.2. The molecule has 0 spiro atoms. The lowest BCUT2D eigenvalue weighted by atomic mass is 10.00. The lowest BCUT2D eigenvalue weighted by Crippen LogP contribution is -2.37. The summed E-state index contributed by atoms with van der Waals surface area (Å²) in [6, 6.07) is 14.8. The van der Waals surface area contributed by atoms with Gasteiger partial charge in [0.25, 0.3) is 5.91 Å². The zero-order valence-electron chi connectivity index (χ0n) is 25.0. The summed E-state index contributed by atoms with van der Waals surface area (Å²) in [7, 11) is 0. The van der Waals surface area contributed by atoms with E-state index in [1.54, 1.807) is 18.2 Å². The number of aliphatic hydroxyl groups is 2. The first-order chi connectivity index (χ1) is 19.1. The average molecular weight is 544 g/mol. The number of carbonyl (C=O) groups is 1. The Kier molecular flexibility index (Phi) is 15.8. The van der Waals surface area contributed by atoms with Gasteiger partial charge in [0, 0.05) is 23.9 Å². The van der Waals surface area contributed by atoms with Gasteiger partial charge in [-0.15, -0.1) is 0 Å². The Morgan fingerprint density at radius 2 is 1.70 bits per heavy atom. The summed E-state index contributed by atoms with van der Waals surface area (Å²) in [6.45, 7) is 13.9. The van der Waals surface area contributed by atoms with Gasteiger partial charge in [0.15, 0.2) is 0 Å². The number of allylic oxidation sites excluding steroid dienone is 4. The summed E-state index contributed by atoms with van der Waals surface area (Å²) in [5.41, 5.74) is 5.96. The lowest BCUT2D eigenvalue weighted by Gasteiger charge is -2.18. The highest BCUT2D eigenvalue weighted by Crippen LogP contribution is 2.19. The predicted octanol–water partition coefficient (Wildman–Crippen LogP) is 6.57. The van der Waals surface area contributed by atoms with Gasteiger partial charge in [0.2, 0.25) is 0 Å². The molecule has 214 valence electrons. The summed E-state index contributed by atoms with van der Waals surface area (Å²) in [4.78, 5) is 17.5. The van der Waals surface area contributed by atoms with E-state index in [2.05, 4.69) is 32.2 Å². The van der Waals surface area contributed by atoms with Crippen LogP contribution in [0.4, 0.5) is 0 Å². The summed E-state index contributed by atoms with van der Waals surface area (Å²) in [5.74, 6) is 0.563. The topological polar surface area (TPSA) is 106 Å². The molecule has 0 aliphatic carbocycles. The molecule has 0 radical (unpaired) electrons. The molecular formula is C34H45N3O3. The number of benzene rings is 2. The van der Waals surface area contributed by atoms with Crippen LogP contribution in [0.5, 0.6) is 0 Å². The Bertz CT molecular complexity index is 1240. The number of rotatable bonds is 11. The van der Waals surface area contributed by atoms with Gasteiger partial charge in [0.05, 0.1) is 23.9 Å². The van der Waals surface area contributed by atoms with E-state index < -0.39 is 0 Å². The maximum absolute atomic E-state index is 12.8. The third kappa shape index (κ3) is 11.9. The largest absolute Gasteiger partial charge is 0.396 e. The molecule has 3 N–H and O–H groups in total. The van der Waals surface area contributed by atoms with Crippen LogP contribution in [0.25, 0.3) is 5.70 Å². The van der Waals surface area contributed by atoms with Gasteiger partial charge >= 0.3 is 0 Å². The van der Waals surface area contributed by atoms with Crippen molar-refractivity contribution in [1.82, 2.24) is 5.32 Å². The zero-order chi connectivity index (χ0) is 30.1. The Morgan fingerprint density at radius 3 is 2.23 bits per heavy atom. The second-order valence-corrected chi connectivity index (χ2v) is 10.2. The minimum atomic E-state index is -0.270. The van der Waals surface area contributed by atoms with Gasteiger partial charge in [-0.1, -0.05) is 75.4 Å². The minimum Gasteiger partial charge on any atom is -0.396 e. The van der Waals surface area contributed by atoms with Crippen LogP contribution < -0.4 is 5.32 Å². The molecule has 2 rings (SSSR count). The van der Waals surface area contributed by atoms with Crippen LogP contribution >= 0.6 is 0 Å². The monoisotopic (exact) mass is 543 g/mol. The van der Waals surface area contributed by atoms with Crippen molar-refractivity contribution >= 4 is 17.3 Å². The van der Waals surface area contributed by atoms with Crippen molar-refractivity contribution in [1.29, 1.82) is 5.26 Å². The Balaban J connectivity index is 0.00000187. The molecule has 6 heteroatoms. The number of nitrogens with zero attached hydrogens (tertiary/aromatic N) is 2. The van der Waals surface area contributed by atoms with Crippen molar-refractivity contribution in [3.8, 4) is 6.07 Å². The highest BCUT2D eigenvalue weighted by molar-refractivity contribution is 6.01. The van der Waals surface area contributed by atoms with Gasteiger partial charge in [-0.05, 0) is 80.9 Å². The van der Waals surface area contributed by atoms with Crippen LogP contribution in [0.2, 0.25) is 0 Å². The quantitative estimate of drug-likeness (QED) is 0.220. The number of aliphatic imine (C=N–C) groups is 1. The SMILES string of the molecule is CC(C)C.C\C=C/C=C(CO)\C(C)=N\C(=C/C)c1ccc(CC(CCO)NC(=O)c2ccc(C)c(C#N)c2)cc1. The molecule has 0 aromatic heterocycles. The maximum atomic E-state index is 12.8. The molecule has 2 aromatic rings. The van der Waals surface area contributed by atoms with E-state index in [-0.39, 0.29) is 25.2 Å². The first-order valence-corrected chi connectivity index (χ1v) is 13.8. The van der Waals surface area contributed by atoms with Gasteiger partial charge < -0.3 is 15.5 Å². The lowest BCUT2D eigenvalue weighted by molar-refractivity contribution is 0.0930. The van der Waals surface area contributed by atoms with Crippen LogP contribution in [0.15, 0.2) is 77.3 Å². The molecule has 40 heavy (non-hydrogen) atoms. The fraction of sp³-hybridized carbons (Fsp3) is 0.382. The van der Waals surface area contributed by atoms with Crippen molar-refractivity contribution < 1.29 is 15.0 Å². The summed E-state index contributed by atoms with van der Waals surface area (Å²) in [5, 5.41) is 31.4. The number of carbonyl (C=O) groups excluding carboxylic acids is 1. The number of hydrogen-bond acceptors (Lipinski definition) is 5. The standard InChI is InChI=1S/C30H35N3O3.C4H10/c1-5-7-8-26(20-35)22(4)32-29(6-2)24-13-10-23(11-14-24)17-28(15-16-34)33-30(36)25-12-9-21(3)27(18-25)19-31;1-4(2)3/h5-14,18,28,34-35H,15-17,20H2,1-4H3,(H,33,36);4H,1-3H3/b7-5-,26-8-,29-6-,32-22+;. The molecular weight excluding hydrogens is 498 g/mol. The van der Waals surface area contributed by atoms with E-state index in [0.717, 1.165) is 39.6 Å². The van der Waals surface area contributed by atoms with Crippen molar-refractivity contribution in [2.75, 3.05) is 13.2 Å². The van der Waals surface area contributed by atoms with E-state index in [0.29, 0.717) is 24.0 Å². The highest BCUT2D eigenvalue weighted by atomic mass is 16.3. The molecule has 1 amide bonds. The van der Waals surface area contributed by atoms with Crippen molar-refractivity contribution in [2.45, 2.75) is 67.3 Å². The van der Waals surface area contributed by atoms with Crippen molar-refractivity contribution in [2.24, 2.45) is 10.9 Å². The van der Waals surface area contributed by atoms with Crippen LogP contribution in [0.1, 0.15) is 80.6 Å². The van der Waals surface area contributed by atoms with Crippen LogP contribution in [-0.2, 0) is 6.42 Å². The predicted molar refractivity (Wildman–Crippen MR) is 166 cm³/mol. The molecule has 0 aliphatic heterocycles. The van der Waals surface area contributed by atoms with Gasteiger partial charge in [0.1, 0.15) is 0 Å². The Labute approximate surface area is 240 Å². The van der Waals surface area contributed by atoms with Gasteiger partial charge in [-0.3, -0.25) is 9.79 Å². The van der Waals surface area contributed by atoms with E-state index in [4.69, 9.17) is 4.99 Å². The van der Waals surface area contributed by atoms with E-state index >= 15 is 0 Å². The summed E-state index contributed by atoms with van der Waals surface area (Å²) < 4.78 is 0. The van der Waals surface area contributed by atoms with Crippen molar-refractivity contribution in [3.63, 3.8) is 0 Å². The summed E-state index contributed by atoms with van der Waals surface area (Å²) >= 11 is 0. The summed E-state index contributed by atoms with van der Waals surface area (Å²) in [6.07, 6.45) is 8.51. The minimum absolute atomic E-state index is 0.0506. The zero-order valence-corrected chi connectivity index (χ0v) is 25.0. The van der Waals surface area contributed by atoms with Crippen molar-refractivity contribution in [3.05, 3.63) is 100 Å². The van der Waals surface area contributed by atoms with Crippen LogP contribution in [0.3, 0.4) is 0 Å². The van der Waals surface area contributed by atoms with Crippen LogP contribution in [0, 0.1) is 24.2 Å². The number of aryl methyl sites for hydroxylation is 1. The fourth-order valence-corrected chi connectivity index (χ4v) is 3.68. The van der Waals surface area contributed by atoms with Crippen LogP contribution in [-0.4, -0.2) is 41.1 Å². The highest BCUT2D eigenvalue weighted by Gasteiger charge is 2.15. The number of hydrogen-bond donors (Lipinski definition) is 3. The first kappa shape index (κ1) is 34.2. The fourth-order valence-electron chi connectivity index (χ4n) is 3.68. The second kappa shape index (κ2) is 18.5. The molecule has 0 saturated heterocycles. The molecule has 6 nitrogen and oxygen atoms in total. The molecule has 0 aliphatic rings. The molecule has 0 fully saturated rings. The van der Waals surface area contributed by atoms with E-state index in [9.17, 15) is 20.3 Å². The molecule has 2 aromatic carbocycles. The van der Waals surface area contributed by atoms with E-state index in [1.807, 2.05) is 76.3 Å². The maximum Gasteiger partial charge on any atom is 0.251 e. The Morgan fingerprint density at radius 1 is 1.07 bits per heavy atom.